The molecule has 2 heterocycles. The second kappa shape index (κ2) is 10.7. The Morgan fingerprint density at radius 1 is 1.21 bits per heavy atom. The summed E-state index contributed by atoms with van der Waals surface area (Å²) in [5.74, 6) is 0.721. The van der Waals surface area contributed by atoms with Crippen molar-refractivity contribution < 1.29 is 9.84 Å². The molecule has 3 rings (SSSR count). The molecule has 1 saturated heterocycles. The molecule has 1 aliphatic rings. The van der Waals surface area contributed by atoms with Gasteiger partial charge in [-0.1, -0.05) is 36.4 Å². The number of hydrogen-bond donors (Lipinski definition) is 3. The number of ether oxygens (including phenoxy) is 1. The van der Waals surface area contributed by atoms with Gasteiger partial charge in [-0.05, 0) is 30.9 Å². The molecule has 7 heteroatoms. The lowest BCUT2D eigenvalue weighted by Crippen LogP contribution is -2.46. The molecule has 0 amide bonds. The summed E-state index contributed by atoms with van der Waals surface area (Å²) in [4.78, 5) is 8.04. The smallest absolute Gasteiger partial charge is 0.191 e. The summed E-state index contributed by atoms with van der Waals surface area (Å²) < 4.78 is 5.54. The van der Waals surface area contributed by atoms with Crippen LogP contribution in [-0.4, -0.2) is 61.9 Å². The zero-order valence-corrected chi connectivity index (χ0v) is 18.1. The van der Waals surface area contributed by atoms with E-state index in [9.17, 15) is 5.11 Å². The maximum Gasteiger partial charge on any atom is 0.191 e. The molecule has 1 aliphatic heterocycles. The van der Waals surface area contributed by atoms with E-state index in [0.717, 1.165) is 50.2 Å². The van der Waals surface area contributed by atoms with E-state index in [4.69, 9.17) is 4.74 Å². The lowest BCUT2D eigenvalue weighted by atomic mass is 10.0. The van der Waals surface area contributed by atoms with E-state index in [0.29, 0.717) is 6.54 Å². The van der Waals surface area contributed by atoms with Crippen LogP contribution in [0.1, 0.15) is 30.3 Å². The third-order valence-corrected chi connectivity index (χ3v) is 6.20. The number of benzene rings is 1. The van der Waals surface area contributed by atoms with Crippen LogP contribution in [0.2, 0.25) is 0 Å². The molecule has 1 fully saturated rings. The standard InChI is InChI=1S/C22H32N4O2S/c1-3-23-21(25-17-22(2,27)20-10-7-15-29-20)24-16-19(18-8-5-4-6-9-18)26-11-13-28-14-12-26/h4-10,15,19,27H,3,11-14,16-17H2,1-2H3,(H2,23,24,25). The number of aliphatic imine (C=N–C) groups is 1. The highest BCUT2D eigenvalue weighted by molar-refractivity contribution is 7.10. The quantitative estimate of drug-likeness (QED) is 0.456. The van der Waals surface area contributed by atoms with E-state index in [1.54, 1.807) is 11.3 Å². The summed E-state index contributed by atoms with van der Waals surface area (Å²) in [6.45, 7) is 9.03. The maximum absolute atomic E-state index is 10.8. The molecule has 1 aromatic heterocycles. The Labute approximate surface area is 177 Å². The van der Waals surface area contributed by atoms with Crippen molar-refractivity contribution >= 4 is 17.3 Å². The van der Waals surface area contributed by atoms with Gasteiger partial charge in [0, 0.05) is 31.1 Å². The molecule has 1 aromatic carbocycles. The highest BCUT2D eigenvalue weighted by atomic mass is 32.1. The highest BCUT2D eigenvalue weighted by Gasteiger charge is 2.25. The van der Waals surface area contributed by atoms with E-state index in [1.165, 1.54) is 5.56 Å². The van der Waals surface area contributed by atoms with Gasteiger partial charge < -0.3 is 20.5 Å². The Balaban J connectivity index is 1.69. The van der Waals surface area contributed by atoms with Gasteiger partial charge in [-0.3, -0.25) is 4.90 Å². The van der Waals surface area contributed by atoms with Gasteiger partial charge >= 0.3 is 0 Å². The first-order valence-electron chi connectivity index (χ1n) is 10.3. The number of nitrogens with zero attached hydrogens (tertiary/aromatic N) is 2. The van der Waals surface area contributed by atoms with Gasteiger partial charge in [-0.25, -0.2) is 4.99 Å². The molecule has 0 bridgehead atoms. The molecule has 158 valence electrons. The number of thiophene rings is 1. The molecule has 0 saturated carbocycles. The first-order valence-corrected chi connectivity index (χ1v) is 11.1. The minimum Gasteiger partial charge on any atom is -0.383 e. The van der Waals surface area contributed by atoms with Gasteiger partial charge in [0.15, 0.2) is 5.96 Å². The average Bonchev–Trinajstić information content (AvgIpc) is 3.30. The summed E-state index contributed by atoms with van der Waals surface area (Å²) in [5.41, 5.74) is 0.308. The van der Waals surface area contributed by atoms with Gasteiger partial charge in [0.2, 0.25) is 0 Å². The summed E-state index contributed by atoms with van der Waals surface area (Å²) in [6, 6.07) is 14.7. The van der Waals surface area contributed by atoms with Crippen LogP contribution in [-0.2, 0) is 10.3 Å². The first-order chi connectivity index (χ1) is 14.1. The van der Waals surface area contributed by atoms with Crippen molar-refractivity contribution in [1.29, 1.82) is 0 Å². The van der Waals surface area contributed by atoms with Gasteiger partial charge in [-0.15, -0.1) is 11.3 Å². The highest BCUT2D eigenvalue weighted by Crippen LogP contribution is 2.25. The van der Waals surface area contributed by atoms with Crippen LogP contribution in [0.3, 0.4) is 0 Å². The number of hydrogen-bond acceptors (Lipinski definition) is 5. The average molecular weight is 417 g/mol. The van der Waals surface area contributed by atoms with E-state index >= 15 is 0 Å². The van der Waals surface area contributed by atoms with Gasteiger partial charge in [0.05, 0.1) is 25.8 Å². The number of aliphatic hydroxyl groups is 1. The van der Waals surface area contributed by atoms with E-state index < -0.39 is 5.60 Å². The third kappa shape index (κ3) is 6.27. The molecule has 6 nitrogen and oxygen atoms in total. The zero-order valence-electron chi connectivity index (χ0n) is 17.3. The summed E-state index contributed by atoms with van der Waals surface area (Å²) in [7, 11) is 0. The van der Waals surface area contributed by atoms with Crippen LogP contribution in [0.15, 0.2) is 52.8 Å². The van der Waals surface area contributed by atoms with Gasteiger partial charge in [0.25, 0.3) is 0 Å². The van der Waals surface area contributed by atoms with Crippen molar-refractivity contribution in [3.05, 3.63) is 58.3 Å². The molecular formula is C22H32N4O2S. The van der Waals surface area contributed by atoms with Crippen molar-refractivity contribution in [2.75, 3.05) is 45.9 Å². The molecular weight excluding hydrogens is 384 g/mol. The fourth-order valence-corrected chi connectivity index (χ4v) is 4.23. The second-order valence-corrected chi connectivity index (χ2v) is 8.35. The largest absolute Gasteiger partial charge is 0.383 e. The van der Waals surface area contributed by atoms with Crippen LogP contribution >= 0.6 is 11.3 Å². The number of nitrogens with one attached hydrogen (secondary N) is 2. The van der Waals surface area contributed by atoms with Crippen molar-refractivity contribution in [2.45, 2.75) is 25.5 Å². The molecule has 0 spiro atoms. The maximum atomic E-state index is 10.8. The first kappa shape index (κ1) is 21.8. The topological polar surface area (TPSA) is 69.1 Å². The lowest BCUT2D eigenvalue weighted by molar-refractivity contribution is 0.0170. The van der Waals surface area contributed by atoms with Gasteiger partial charge in [0.1, 0.15) is 5.60 Å². The molecule has 29 heavy (non-hydrogen) atoms. The summed E-state index contributed by atoms with van der Waals surface area (Å²) in [5, 5.41) is 19.5. The van der Waals surface area contributed by atoms with Crippen molar-refractivity contribution in [2.24, 2.45) is 4.99 Å². The van der Waals surface area contributed by atoms with Crippen LogP contribution < -0.4 is 10.6 Å². The third-order valence-electron chi connectivity index (χ3n) is 5.07. The minimum absolute atomic E-state index is 0.238. The van der Waals surface area contributed by atoms with Crippen LogP contribution in [0.5, 0.6) is 0 Å². The molecule has 2 unspecified atom stereocenters. The summed E-state index contributed by atoms with van der Waals surface area (Å²) >= 11 is 1.55. The lowest BCUT2D eigenvalue weighted by Gasteiger charge is -2.35. The second-order valence-electron chi connectivity index (χ2n) is 7.40. The Hall–Kier alpha value is -1.93. The molecule has 2 atom stereocenters. The SMILES string of the molecule is CCNC(=NCC(C)(O)c1cccs1)NCC(c1ccccc1)N1CCOCC1. The molecule has 3 N–H and O–H groups in total. The fourth-order valence-electron chi connectivity index (χ4n) is 3.45. The van der Waals surface area contributed by atoms with Crippen molar-refractivity contribution in [3.8, 4) is 0 Å². The number of rotatable bonds is 8. The summed E-state index contributed by atoms with van der Waals surface area (Å²) in [6.07, 6.45) is 0. The molecule has 0 radical (unpaired) electrons. The normalized spacial score (nSPS) is 18.8. The molecule has 0 aliphatic carbocycles. The Morgan fingerprint density at radius 2 is 1.97 bits per heavy atom. The predicted molar refractivity (Wildman–Crippen MR) is 119 cm³/mol. The zero-order chi connectivity index (χ0) is 20.5. The van der Waals surface area contributed by atoms with Crippen molar-refractivity contribution in [1.82, 2.24) is 15.5 Å². The van der Waals surface area contributed by atoms with Crippen LogP contribution in [0.4, 0.5) is 0 Å². The van der Waals surface area contributed by atoms with E-state index in [-0.39, 0.29) is 6.04 Å². The van der Waals surface area contributed by atoms with E-state index in [2.05, 4.69) is 44.8 Å². The van der Waals surface area contributed by atoms with Crippen LogP contribution in [0, 0.1) is 0 Å². The monoisotopic (exact) mass is 416 g/mol. The molecule has 2 aromatic rings. The number of morpholine rings is 1. The minimum atomic E-state index is -0.973. The Bertz CT molecular complexity index is 743. The Morgan fingerprint density at radius 3 is 2.62 bits per heavy atom. The van der Waals surface area contributed by atoms with Gasteiger partial charge in [-0.2, -0.15) is 0 Å². The van der Waals surface area contributed by atoms with E-state index in [1.807, 2.05) is 37.4 Å². The fraction of sp³-hybridized carbons (Fsp3) is 0.500. The van der Waals surface area contributed by atoms with Crippen LogP contribution in [0.25, 0.3) is 0 Å². The predicted octanol–water partition coefficient (Wildman–Crippen LogP) is 2.58. The number of guanidine groups is 1. The van der Waals surface area contributed by atoms with Crippen molar-refractivity contribution in [3.63, 3.8) is 0 Å². The Kier molecular flexibility index (Phi) is 8.06.